The lowest BCUT2D eigenvalue weighted by atomic mass is 10.1. The molecule has 1 aromatic rings. The number of aliphatic hydroxyl groups is 1. The van der Waals surface area contributed by atoms with E-state index in [1.165, 1.54) is 0 Å². The number of alkyl halides is 2. The summed E-state index contributed by atoms with van der Waals surface area (Å²) in [4.78, 5) is 11.5. The first-order valence-electron chi connectivity index (χ1n) is 6.00. The van der Waals surface area contributed by atoms with Gasteiger partial charge >= 0.3 is 0 Å². The van der Waals surface area contributed by atoms with E-state index in [0.717, 1.165) is 5.56 Å². The minimum absolute atomic E-state index is 0.376. The lowest BCUT2D eigenvalue weighted by Gasteiger charge is -2.16. The molecule has 0 aliphatic carbocycles. The molecule has 6 heteroatoms. The molecule has 0 radical (unpaired) electrons. The van der Waals surface area contributed by atoms with Gasteiger partial charge in [0.05, 0.1) is 12.6 Å². The second kappa shape index (κ2) is 7.16. The molecule has 4 nitrogen and oxygen atoms in total. The highest BCUT2D eigenvalue weighted by Crippen LogP contribution is 2.10. The lowest BCUT2D eigenvalue weighted by Crippen LogP contribution is -2.46. The Morgan fingerprint density at radius 3 is 2.58 bits per heavy atom. The van der Waals surface area contributed by atoms with Crippen LogP contribution in [0.4, 0.5) is 8.78 Å². The van der Waals surface area contributed by atoms with E-state index >= 15 is 0 Å². The molecule has 1 rings (SSSR count). The monoisotopic (exact) mass is 272 g/mol. The highest BCUT2D eigenvalue weighted by molar-refractivity contribution is 5.81. The second-order valence-corrected chi connectivity index (χ2v) is 4.36. The molecule has 0 aromatic heterocycles. The number of rotatable bonds is 7. The van der Waals surface area contributed by atoms with Crippen LogP contribution in [-0.4, -0.2) is 36.1 Å². The van der Waals surface area contributed by atoms with Gasteiger partial charge in [-0.3, -0.25) is 4.79 Å². The van der Waals surface area contributed by atoms with Crippen molar-refractivity contribution in [3.63, 3.8) is 0 Å². The van der Waals surface area contributed by atoms with Gasteiger partial charge in [-0.15, -0.1) is 0 Å². The predicted molar refractivity (Wildman–Crippen MR) is 67.8 cm³/mol. The van der Waals surface area contributed by atoms with Crippen LogP contribution in [0, 0.1) is 0 Å². The minimum atomic E-state index is -3.31. The Balaban J connectivity index is 2.33. The summed E-state index contributed by atoms with van der Waals surface area (Å²) in [5.74, 6) is -3.95. The van der Waals surface area contributed by atoms with Crippen molar-refractivity contribution in [2.45, 2.75) is 24.8 Å². The zero-order valence-corrected chi connectivity index (χ0v) is 10.5. The average molecular weight is 272 g/mol. The van der Waals surface area contributed by atoms with Gasteiger partial charge in [0.25, 0.3) is 5.92 Å². The zero-order valence-electron chi connectivity index (χ0n) is 10.5. The summed E-state index contributed by atoms with van der Waals surface area (Å²) < 4.78 is 25.4. The van der Waals surface area contributed by atoms with E-state index < -0.39 is 31.0 Å². The molecular formula is C13H18F2N2O2. The van der Waals surface area contributed by atoms with Crippen LogP contribution in [0.5, 0.6) is 0 Å². The van der Waals surface area contributed by atoms with E-state index in [4.69, 9.17) is 10.8 Å². The highest BCUT2D eigenvalue weighted by atomic mass is 19.3. The third kappa shape index (κ3) is 5.76. The number of amides is 1. The van der Waals surface area contributed by atoms with E-state index in [2.05, 4.69) is 0 Å². The molecule has 0 saturated heterocycles. The van der Waals surface area contributed by atoms with E-state index in [1.807, 2.05) is 35.6 Å². The number of aliphatic hydroxyl groups excluding tert-OH is 1. The van der Waals surface area contributed by atoms with Gasteiger partial charge < -0.3 is 16.2 Å². The van der Waals surface area contributed by atoms with Crippen LogP contribution in [0.1, 0.15) is 12.0 Å². The van der Waals surface area contributed by atoms with Crippen molar-refractivity contribution in [3.8, 4) is 0 Å². The number of nitrogens with one attached hydrogen (secondary N) is 1. The molecule has 0 heterocycles. The second-order valence-electron chi connectivity index (χ2n) is 4.36. The Hall–Kier alpha value is -1.53. The Morgan fingerprint density at radius 1 is 1.37 bits per heavy atom. The molecule has 0 fully saturated rings. The third-order valence-electron chi connectivity index (χ3n) is 2.68. The standard InChI is InChI=1S/C13H18F2N2O2/c14-13(15,9-18)8-17-12(19)11(16)7-6-10-4-2-1-3-5-10/h1-5,11,18H,6-9,16H2,(H,17,19). The maximum atomic E-state index is 12.7. The van der Waals surface area contributed by atoms with Crippen LogP contribution in [-0.2, 0) is 11.2 Å². The number of aryl methyl sites for hydroxylation is 1. The van der Waals surface area contributed by atoms with Crippen molar-refractivity contribution in [1.29, 1.82) is 0 Å². The topological polar surface area (TPSA) is 75.4 Å². The normalized spacial score (nSPS) is 13.1. The number of hydrogen-bond acceptors (Lipinski definition) is 3. The number of benzene rings is 1. The number of carbonyl (C=O) groups is 1. The van der Waals surface area contributed by atoms with E-state index in [-0.39, 0.29) is 0 Å². The first-order chi connectivity index (χ1) is 8.94. The third-order valence-corrected chi connectivity index (χ3v) is 2.68. The summed E-state index contributed by atoms with van der Waals surface area (Å²) >= 11 is 0. The molecule has 0 saturated carbocycles. The molecule has 106 valence electrons. The molecule has 0 aliphatic heterocycles. The van der Waals surface area contributed by atoms with Crippen LogP contribution in [0.15, 0.2) is 30.3 Å². The predicted octanol–water partition coefficient (Wildman–Crippen LogP) is 0.690. The van der Waals surface area contributed by atoms with E-state index in [9.17, 15) is 13.6 Å². The first kappa shape index (κ1) is 15.5. The largest absolute Gasteiger partial charge is 0.390 e. The summed E-state index contributed by atoms with van der Waals surface area (Å²) in [6.45, 7) is -2.20. The summed E-state index contributed by atoms with van der Waals surface area (Å²) in [5, 5.41) is 10.4. The molecule has 1 amide bonds. The number of carbonyl (C=O) groups excluding carboxylic acids is 1. The van der Waals surface area contributed by atoms with Crippen LogP contribution in [0.2, 0.25) is 0 Å². The SMILES string of the molecule is NC(CCc1ccccc1)C(=O)NCC(F)(F)CO. The molecular weight excluding hydrogens is 254 g/mol. The maximum Gasteiger partial charge on any atom is 0.287 e. The number of halogens is 2. The van der Waals surface area contributed by atoms with Crippen molar-refractivity contribution < 1.29 is 18.7 Å². The number of hydrogen-bond donors (Lipinski definition) is 3. The Labute approximate surface area is 110 Å². The Bertz CT molecular complexity index is 399. The Kier molecular flexibility index (Phi) is 5.85. The maximum absolute atomic E-state index is 12.7. The van der Waals surface area contributed by atoms with Gasteiger partial charge in [0.15, 0.2) is 0 Å². The summed E-state index contributed by atoms with van der Waals surface area (Å²) in [6, 6.07) is 8.61. The van der Waals surface area contributed by atoms with Gasteiger partial charge in [0.2, 0.25) is 5.91 Å². The summed E-state index contributed by atoms with van der Waals surface area (Å²) in [7, 11) is 0. The molecule has 4 N–H and O–H groups in total. The van der Waals surface area contributed by atoms with E-state index in [1.54, 1.807) is 0 Å². The number of nitrogens with two attached hydrogens (primary N) is 1. The van der Waals surface area contributed by atoms with Crippen molar-refractivity contribution in [3.05, 3.63) is 35.9 Å². The van der Waals surface area contributed by atoms with Crippen molar-refractivity contribution in [2.24, 2.45) is 5.73 Å². The zero-order chi connectivity index (χ0) is 14.3. The fourth-order valence-corrected chi connectivity index (χ4v) is 1.50. The Morgan fingerprint density at radius 2 is 2.00 bits per heavy atom. The van der Waals surface area contributed by atoms with Crippen molar-refractivity contribution in [2.75, 3.05) is 13.2 Å². The van der Waals surface area contributed by atoms with Crippen molar-refractivity contribution >= 4 is 5.91 Å². The van der Waals surface area contributed by atoms with Gasteiger partial charge in [0, 0.05) is 0 Å². The van der Waals surface area contributed by atoms with Gasteiger partial charge in [-0.2, -0.15) is 0 Å². The van der Waals surface area contributed by atoms with E-state index in [0.29, 0.717) is 12.8 Å². The molecule has 1 aromatic carbocycles. The highest BCUT2D eigenvalue weighted by Gasteiger charge is 2.29. The average Bonchev–Trinajstić information content (AvgIpc) is 2.43. The first-order valence-corrected chi connectivity index (χ1v) is 6.00. The van der Waals surface area contributed by atoms with Crippen LogP contribution >= 0.6 is 0 Å². The van der Waals surface area contributed by atoms with Crippen LogP contribution < -0.4 is 11.1 Å². The minimum Gasteiger partial charge on any atom is -0.390 e. The molecule has 0 spiro atoms. The quantitative estimate of drug-likeness (QED) is 0.683. The summed E-state index contributed by atoms with van der Waals surface area (Å²) in [6.07, 6.45) is 0.979. The van der Waals surface area contributed by atoms with Gasteiger partial charge in [-0.25, -0.2) is 8.78 Å². The molecule has 1 atom stereocenters. The van der Waals surface area contributed by atoms with Crippen LogP contribution in [0.3, 0.4) is 0 Å². The molecule has 19 heavy (non-hydrogen) atoms. The summed E-state index contributed by atoms with van der Waals surface area (Å²) in [5.41, 5.74) is 6.65. The fourth-order valence-electron chi connectivity index (χ4n) is 1.50. The molecule has 0 bridgehead atoms. The fraction of sp³-hybridized carbons (Fsp3) is 0.462. The molecule has 0 aliphatic rings. The van der Waals surface area contributed by atoms with Gasteiger partial charge in [-0.05, 0) is 18.4 Å². The van der Waals surface area contributed by atoms with Crippen LogP contribution in [0.25, 0.3) is 0 Å². The van der Waals surface area contributed by atoms with Crippen molar-refractivity contribution in [1.82, 2.24) is 5.32 Å². The molecule has 1 unspecified atom stereocenters. The van der Waals surface area contributed by atoms with Gasteiger partial charge in [0.1, 0.15) is 6.61 Å². The van der Waals surface area contributed by atoms with Gasteiger partial charge in [-0.1, -0.05) is 30.3 Å². The smallest absolute Gasteiger partial charge is 0.287 e. The lowest BCUT2D eigenvalue weighted by molar-refractivity contribution is -0.125.